The Morgan fingerprint density at radius 2 is 1.58 bits per heavy atom. The minimum atomic E-state index is -3.90. The van der Waals surface area contributed by atoms with Gasteiger partial charge in [0.05, 0.1) is 10.5 Å². The third-order valence-corrected chi connectivity index (χ3v) is 4.74. The van der Waals surface area contributed by atoms with E-state index in [4.69, 9.17) is 0 Å². The van der Waals surface area contributed by atoms with Crippen molar-refractivity contribution in [2.24, 2.45) is 0 Å². The average molecular weight is 348 g/mol. The number of para-hydroxylation sites is 1. The molecule has 0 saturated carbocycles. The van der Waals surface area contributed by atoms with Gasteiger partial charge in [-0.05, 0) is 35.2 Å². The lowest BCUT2D eigenvalue weighted by atomic mass is 9.87. The minimum absolute atomic E-state index is 0.0247. The van der Waals surface area contributed by atoms with E-state index >= 15 is 0 Å². The van der Waals surface area contributed by atoms with Crippen molar-refractivity contribution in [3.05, 3.63) is 59.7 Å². The number of carbonyl (C=O) groups is 1. The van der Waals surface area contributed by atoms with Crippen molar-refractivity contribution in [3.8, 4) is 5.75 Å². The van der Waals surface area contributed by atoms with E-state index in [1.165, 1.54) is 24.3 Å². The fourth-order valence-corrected chi connectivity index (χ4v) is 2.88. The molecule has 2 aromatic rings. The Hall–Kier alpha value is -2.38. The van der Waals surface area contributed by atoms with E-state index in [2.05, 4.69) is 5.43 Å². The lowest BCUT2D eigenvalue weighted by Crippen LogP contribution is -2.41. The van der Waals surface area contributed by atoms with Crippen LogP contribution >= 0.6 is 0 Å². The maximum atomic E-state index is 12.2. The smallest absolute Gasteiger partial charge is 0.269 e. The van der Waals surface area contributed by atoms with Crippen LogP contribution in [0.15, 0.2) is 53.4 Å². The van der Waals surface area contributed by atoms with Gasteiger partial charge in [-0.3, -0.25) is 10.2 Å². The predicted molar refractivity (Wildman–Crippen MR) is 91.0 cm³/mol. The lowest BCUT2D eigenvalue weighted by molar-refractivity contribution is 0.0942. The Morgan fingerprint density at radius 3 is 2.12 bits per heavy atom. The van der Waals surface area contributed by atoms with E-state index in [1.807, 2.05) is 25.6 Å². The molecule has 2 rings (SSSR count). The maximum absolute atomic E-state index is 12.2. The number of hydrogen-bond donors (Lipinski definition) is 3. The van der Waals surface area contributed by atoms with Crippen molar-refractivity contribution >= 4 is 15.9 Å². The highest BCUT2D eigenvalue weighted by molar-refractivity contribution is 7.89. The van der Waals surface area contributed by atoms with Gasteiger partial charge in [0.25, 0.3) is 15.9 Å². The number of hydrogen-bond acceptors (Lipinski definition) is 4. The van der Waals surface area contributed by atoms with Crippen molar-refractivity contribution < 1.29 is 18.3 Å². The van der Waals surface area contributed by atoms with Crippen LogP contribution in [-0.2, 0) is 15.4 Å². The highest BCUT2D eigenvalue weighted by Crippen LogP contribution is 2.23. The summed E-state index contributed by atoms with van der Waals surface area (Å²) < 4.78 is 24.5. The van der Waals surface area contributed by atoms with Crippen LogP contribution in [0.25, 0.3) is 0 Å². The molecule has 0 heterocycles. The molecular weight excluding hydrogens is 328 g/mol. The maximum Gasteiger partial charge on any atom is 0.269 e. The van der Waals surface area contributed by atoms with Crippen LogP contribution in [0, 0.1) is 0 Å². The molecule has 0 atom stereocenters. The lowest BCUT2D eigenvalue weighted by Gasteiger charge is -2.19. The van der Waals surface area contributed by atoms with Gasteiger partial charge >= 0.3 is 0 Å². The summed E-state index contributed by atoms with van der Waals surface area (Å²) in [5.41, 5.74) is 2.97. The third kappa shape index (κ3) is 4.12. The molecule has 0 bridgehead atoms. The van der Waals surface area contributed by atoms with Gasteiger partial charge in [-0.25, -0.2) is 8.42 Å². The second-order valence-corrected chi connectivity index (χ2v) is 8.03. The quantitative estimate of drug-likeness (QED) is 0.739. The molecule has 0 unspecified atom stereocenters. The molecule has 7 heteroatoms. The summed E-state index contributed by atoms with van der Waals surface area (Å²) in [6.07, 6.45) is 0. The van der Waals surface area contributed by atoms with Crippen LogP contribution in [0.3, 0.4) is 0 Å². The summed E-state index contributed by atoms with van der Waals surface area (Å²) in [7, 11) is -3.90. The molecule has 24 heavy (non-hydrogen) atoms. The Bertz CT molecular complexity index is 838. The van der Waals surface area contributed by atoms with Gasteiger partial charge in [0.1, 0.15) is 5.75 Å². The Balaban J connectivity index is 2.12. The molecule has 0 saturated heterocycles. The molecule has 2 aromatic carbocycles. The standard InChI is InChI=1S/C17H20N2O4S/c1-17(2,3)12-8-10-13(11-9-12)24(22,23)19-18-16(21)14-6-4-5-7-15(14)20/h4-11,19-20H,1-3H3,(H,18,21). The first-order valence-corrected chi connectivity index (χ1v) is 8.80. The van der Waals surface area contributed by atoms with Crippen LogP contribution in [-0.4, -0.2) is 19.4 Å². The fourth-order valence-electron chi connectivity index (χ4n) is 2.04. The number of amides is 1. The Labute approximate surface area is 141 Å². The number of carbonyl (C=O) groups excluding carboxylic acids is 1. The summed E-state index contributed by atoms with van der Waals surface area (Å²) in [4.78, 5) is 14.0. The molecule has 0 fully saturated rings. The number of phenolic OH excluding ortho intramolecular Hbond substituents is 1. The van der Waals surface area contributed by atoms with Crippen molar-refractivity contribution in [3.63, 3.8) is 0 Å². The van der Waals surface area contributed by atoms with E-state index in [0.717, 1.165) is 5.56 Å². The largest absolute Gasteiger partial charge is 0.507 e. The van der Waals surface area contributed by atoms with Gasteiger partial charge in [0, 0.05) is 0 Å². The first-order chi connectivity index (χ1) is 11.1. The molecule has 0 aliphatic rings. The van der Waals surface area contributed by atoms with Crippen LogP contribution in [0.5, 0.6) is 5.75 Å². The minimum Gasteiger partial charge on any atom is -0.507 e. The first-order valence-electron chi connectivity index (χ1n) is 7.32. The van der Waals surface area contributed by atoms with Crippen molar-refractivity contribution in [1.82, 2.24) is 10.3 Å². The SMILES string of the molecule is CC(C)(C)c1ccc(S(=O)(=O)NNC(=O)c2ccccc2O)cc1. The molecule has 0 aromatic heterocycles. The van der Waals surface area contributed by atoms with Crippen LogP contribution in [0.4, 0.5) is 0 Å². The van der Waals surface area contributed by atoms with Gasteiger partial charge in [-0.1, -0.05) is 45.0 Å². The third-order valence-electron chi connectivity index (χ3n) is 3.48. The second kappa shape index (κ2) is 6.62. The molecule has 128 valence electrons. The molecule has 3 N–H and O–H groups in total. The highest BCUT2D eigenvalue weighted by atomic mass is 32.2. The van der Waals surface area contributed by atoms with Crippen molar-refractivity contribution in [2.75, 3.05) is 0 Å². The van der Waals surface area contributed by atoms with Gasteiger partial charge < -0.3 is 5.11 Å². The number of rotatable bonds is 4. The number of phenols is 1. The zero-order chi connectivity index (χ0) is 18.0. The summed E-state index contributed by atoms with van der Waals surface area (Å²) >= 11 is 0. The van der Waals surface area contributed by atoms with E-state index in [0.29, 0.717) is 0 Å². The van der Waals surface area contributed by atoms with Gasteiger partial charge in [0.15, 0.2) is 0 Å². The average Bonchev–Trinajstić information content (AvgIpc) is 2.52. The van der Waals surface area contributed by atoms with Crippen molar-refractivity contribution in [2.45, 2.75) is 31.1 Å². The van der Waals surface area contributed by atoms with Gasteiger partial charge in [0.2, 0.25) is 0 Å². The molecule has 0 aliphatic heterocycles. The molecule has 6 nitrogen and oxygen atoms in total. The summed E-state index contributed by atoms with van der Waals surface area (Å²) in [6, 6.07) is 12.3. The zero-order valence-electron chi connectivity index (χ0n) is 13.7. The van der Waals surface area contributed by atoms with E-state index in [9.17, 15) is 18.3 Å². The fraction of sp³-hybridized carbons (Fsp3) is 0.235. The predicted octanol–water partition coefficient (Wildman–Crippen LogP) is 2.31. The number of aromatic hydroxyl groups is 1. The summed E-state index contributed by atoms with van der Waals surface area (Å²) in [5.74, 6) is -0.980. The van der Waals surface area contributed by atoms with Gasteiger partial charge in [-0.2, -0.15) is 0 Å². The second-order valence-electron chi connectivity index (χ2n) is 6.35. The molecule has 0 spiro atoms. The van der Waals surface area contributed by atoms with Crippen LogP contribution < -0.4 is 10.3 Å². The topological polar surface area (TPSA) is 95.5 Å². The number of hydrazine groups is 1. The summed E-state index contributed by atoms with van der Waals surface area (Å²) in [5, 5.41) is 9.60. The van der Waals surface area contributed by atoms with Crippen LogP contribution in [0.2, 0.25) is 0 Å². The number of nitrogens with one attached hydrogen (secondary N) is 2. The molecule has 0 radical (unpaired) electrons. The molecular formula is C17H20N2O4S. The molecule has 1 amide bonds. The van der Waals surface area contributed by atoms with Crippen LogP contribution in [0.1, 0.15) is 36.7 Å². The summed E-state index contributed by atoms with van der Waals surface area (Å²) in [6.45, 7) is 6.09. The Morgan fingerprint density at radius 1 is 1.00 bits per heavy atom. The molecule has 0 aliphatic carbocycles. The highest BCUT2D eigenvalue weighted by Gasteiger charge is 2.19. The number of sulfonamides is 1. The van der Waals surface area contributed by atoms with E-state index < -0.39 is 15.9 Å². The zero-order valence-corrected chi connectivity index (χ0v) is 14.5. The van der Waals surface area contributed by atoms with Crippen molar-refractivity contribution in [1.29, 1.82) is 0 Å². The monoisotopic (exact) mass is 348 g/mol. The Kier molecular flexibility index (Phi) is 4.96. The van der Waals surface area contributed by atoms with E-state index in [-0.39, 0.29) is 21.6 Å². The number of benzene rings is 2. The first kappa shape index (κ1) is 18.0. The van der Waals surface area contributed by atoms with E-state index in [1.54, 1.807) is 24.3 Å². The van der Waals surface area contributed by atoms with Gasteiger partial charge in [-0.15, -0.1) is 4.83 Å². The normalized spacial score (nSPS) is 12.0.